The molecule has 0 unspecified atom stereocenters. The number of benzene rings is 3. The maximum absolute atomic E-state index is 12.5. The number of nitrogens with one attached hydrogen (secondary N) is 2. The van der Waals surface area contributed by atoms with E-state index in [2.05, 4.69) is 10.0 Å². The van der Waals surface area contributed by atoms with Crippen LogP contribution in [0.3, 0.4) is 0 Å². The molecule has 0 saturated heterocycles. The Bertz CT molecular complexity index is 1020. The largest absolute Gasteiger partial charge is 0.322 e. The Balaban J connectivity index is 1.74. The molecule has 1 amide bonds. The SMILES string of the molecule is O=C(Nc1ccc(S(=O)(=O)Nc2ccccc2Cl)cc1)c1ccccc1. The number of sulfonamides is 1. The van der Waals surface area contributed by atoms with E-state index in [-0.39, 0.29) is 10.8 Å². The van der Waals surface area contributed by atoms with Gasteiger partial charge in [0, 0.05) is 11.3 Å². The Kier molecular flexibility index (Phi) is 5.25. The van der Waals surface area contributed by atoms with E-state index in [0.29, 0.717) is 22.0 Å². The number of hydrogen-bond donors (Lipinski definition) is 2. The van der Waals surface area contributed by atoms with Gasteiger partial charge in [-0.3, -0.25) is 9.52 Å². The van der Waals surface area contributed by atoms with Crippen molar-refractivity contribution >= 4 is 38.9 Å². The zero-order valence-electron chi connectivity index (χ0n) is 13.5. The third-order valence-electron chi connectivity index (χ3n) is 3.58. The molecule has 0 heterocycles. The van der Waals surface area contributed by atoms with Crippen LogP contribution < -0.4 is 10.0 Å². The number of para-hydroxylation sites is 1. The highest BCUT2D eigenvalue weighted by Crippen LogP contribution is 2.24. The van der Waals surface area contributed by atoms with Gasteiger partial charge in [-0.05, 0) is 48.5 Å². The molecule has 0 bridgehead atoms. The Morgan fingerprint density at radius 3 is 2.08 bits per heavy atom. The van der Waals surface area contributed by atoms with E-state index in [4.69, 9.17) is 11.6 Å². The molecule has 2 N–H and O–H groups in total. The second kappa shape index (κ2) is 7.59. The van der Waals surface area contributed by atoms with Crippen molar-refractivity contribution in [3.63, 3.8) is 0 Å². The van der Waals surface area contributed by atoms with Crippen LogP contribution in [0.5, 0.6) is 0 Å². The highest BCUT2D eigenvalue weighted by atomic mass is 35.5. The highest BCUT2D eigenvalue weighted by molar-refractivity contribution is 7.92. The molecule has 0 saturated carbocycles. The summed E-state index contributed by atoms with van der Waals surface area (Å²) < 4.78 is 27.3. The van der Waals surface area contributed by atoms with Gasteiger partial charge in [-0.15, -0.1) is 0 Å². The first-order valence-corrected chi connectivity index (χ1v) is 9.56. The molecule has 0 aliphatic carbocycles. The van der Waals surface area contributed by atoms with Crippen molar-refractivity contribution in [2.45, 2.75) is 4.90 Å². The normalized spacial score (nSPS) is 11.0. The van der Waals surface area contributed by atoms with Crippen molar-refractivity contribution in [3.8, 4) is 0 Å². The summed E-state index contributed by atoms with van der Waals surface area (Å²) in [5.41, 5.74) is 1.32. The lowest BCUT2D eigenvalue weighted by molar-refractivity contribution is 0.102. The smallest absolute Gasteiger partial charge is 0.261 e. The minimum absolute atomic E-state index is 0.0649. The van der Waals surface area contributed by atoms with Crippen molar-refractivity contribution < 1.29 is 13.2 Å². The summed E-state index contributed by atoms with van der Waals surface area (Å²) in [6.45, 7) is 0. The highest BCUT2D eigenvalue weighted by Gasteiger charge is 2.15. The van der Waals surface area contributed by atoms with Gasteiger partial charge < -0.3 is 5.32 Å². The number of anilines is 2. The van der Waals surface area contributed by atoms with Gasteiger partial charge in [0.1, 0.15) is 0 Å². The molecule has 3 aromatic rings. The molecule has 0 radical (unpaired) electrons. The topological polar surface area (TPSA) is 75.3 Å². The zero-order valence-corrected chi connectivity index (χ0v) is 15.1. The summed E-state index contributed by atoms with van der Waals surface area (Å²) >= 11 is 5.98. The molecular formula is C19H15ClN2O3S. The Morgan fingerprint density at radius 1 is 0.808 bits per heavy atom. The lowest BCUT2D eigenvalue weighted by Gasteiger charge is -2.10. The molecule has 3 aromatic carbocycles. The van der Waals surface area contributed by atoms with Crippen molar-refractivity contribution in [1.29, 1.82) is 0 Å². The molecule has 0 atom stereocenters. The van der Waals surface area contributed by atoms with Crippen LogP contribution in [0.15, 0.2) is 83.8 Å². The summed E-state index contributed by atoms with van der Waals surface area (Å²) in [6.07, 6.45) is 0. The van der Waals surface area contributed by atoms with Gasteiger partial charge >= 0.3 is 0 Å². The maximum atomic E-state index is 12.5. The summed E-state index contributed by atoms with van der Waals surface area (Å²) in [7, 11) is -3.78. The molecule has 0 aromatic heterocycles. The summed E-state index contributed by atoms with van der Waals surface area (Å²) in [4.78, 5) is 12.2. The van der Waals surface area contributed by atoms with Gasteiger partial charge in [-0.1, -0.05) is 41.9 Å². The number of carbonyl (C=O) groups is 1. The van der Waals surface area contributed by atoms with Crippen LogP contribution in [0, 0.1) is 0 Å². The maximum Gasteiger partial charge on any atom is 0.261 e. The van der Waals surface area contributed by atoms with E-state index in [9.17, 15) is 13.2 Å². The number of rotatable bonds is 5. The van der Waals surface area contributed by atoms with E-state index < -0.39 is 10.0 Å². The molecule has 3 rings (SSSR count). The fourth-order valence-electron chi connectivity index (χ4n) is 2.26. The Labute approximate surface area is 156 Å². The van der Waals surface area contributed by atoms with Gasteiger partial charge in [0.05, 0.1) is 15.6 Å². The average Bonchev–Trinajstić information content (AvgIpc) is 2.65. The van der Waals surface area contributed by atoms with Gasteiger partial charge in [-0.25, -0.2) is 8.42 Å². The van der Waals surface area contributed by atoms with Gasteiger partial charge in [-0.2, -0.15) is 0 Å². The molecule has 0 spiro atoms. The number of amides is 1. The van der Waals surface area contributed by atoms with Crippen LogP contribution in [-0.2, 0) is 10.0 Å². The van der Waals surface area contributed by atoms with Crippen molar-refractivity contribution in [2.75, 3.05) is 10.0 Å². The lowest BCUT2D eigenvalue weighted by Crippen LogP contribution is -2.14. The van der Waals surface area contributed by atoms with E-state index in [1.165, 1.54) is 24.3 Å². The molecule has 0 fully saturated rings. The van der Waals surface area contributed by atoms with Gasteiger partial charge in [0.15, 0.2) is 0 Å². The van der Waals surface area contributed by atoms with E-state index >= 15 is 0 Å². The molecule has 0 aliphatic heterocycles. The fourth-order valence-corrected chi connectivity index (χ4v) is 3.58. The predicted molar refractivity (Wildman–Crippen MR) is 103 cm³/mol. The first-order chi connectivity index (χ1) is 12.5. The first kappa shape index (κ1) is 18.0. The van der Waals surface area contributed by atoms with E-state index in [1.54, 1.807) is 48.5 Å². The minimum Gasteiger partial charge on any atom is -0.322 e. The summed E-state index contributed by atoms with van der Waals surface area (Å²) in [5, 5.41) is 3.03. The lowest BCUT2D eigenvalue weighted by atomic mass is 10.2. The number of hydrogen-bond acceptors (Lipinski definition) is 3. The molecule has 5 nitrogen and oxygen atoms in total. The monoisotopic (exact) mass is 386 g/mol. The van der Waals surface area contributed by atoms with Crippen molar-refractivity contribution in [1.82, 2.24) is 0 Å². The molecule has 132 valence electrons. The van der Waals surface area contributed by atoms with E-state index in [1.807, 2.05) is 6.07 Å². The van der Waals surface area contributed by atoms with Crippen molar-refractivity contribution in [3.05, 3.63) is 89.4 Å². The number of halogens is 1. The summed E-state index contributed by atoms with van der Waals surface area (Å²) in [6, 6.07) is 21.2. The molecular weight excluding hydrogens is 372 g/mol. The number of carbonyl (C=O) groups excluding carboxylic acids is 1. The molecule has 7 heteroatoms. The quantitative estimate of drug-likeness (QED) is 0.682. The van der Waals surface area contributed by atoms with Gasteiger partial charge in [0.25, 0.3) is 15.9 Å². The molecule has 0 aliphatic rings. The Hall–Kier alpha value is -2.83. The van der Waals surface area contributed by atoms with Crippen LogP contribution in [0.25, 0.3) is 0 Å². The third kappa shape index (κ3) is 4.22. The Morgan fingerprint density at radius 2 is 1.42 bits per heavy atom. The standard InChI is InChI=1S/C19H15ClN2O3S/c20-17-8-4-5-9-18(17)22-26(24,25)16-12-10-15(11-13-16)21-19(23)14-6-2-1-3-7-14/h1-13,22H,(H,21,23). The van der Waals surface area contributed by atoms with Crippen molar-refractivity contribution in [2.24, 2.45) is 0 Å². The first-order valence-electron chi connectivity index (χ1n) is 7.69. The van der Waals surface area contributed by atoms with Gasteiger partial charge in [0.2, 0.25) is 0 Å². The second-order valence-electron chi connectivity index (χ2n) is 5.43. The summed E-state index contributed by atoms with van der Waals surface area (Å²) in [5.74, 6) is -0.268. The fraction of sp³-hybridized carbons (Fsp3) is 0. The third-order valence-corrected chi connectivity index (χ3v) is 5.29. The second-order valence-corrected chi connectivity index (χ2v) is 7.52. The minimum atomic E-state index is -3.78. The van der Waals surface area contributed by atoms with E-state index in [0.717, 1.165) is 0 Å². The van der Waals surface area contributed by atoms with Crippen LogP contribution in [0.1, 0.15) is 10.4 Å². The molecule has 26 heavy (non-hydrogen) atoms. The van der Waals surface area contributed by atoms with Crippen LogP contribution in [-0.4, -0.2) is 14.3 Å². The zero-order chi connectivity index (χ0) is 18.6. The predicted octanol–water partition coefficient (Wildman–Crippen LogP) is 4.39. The average molecular weight is 387 g/mol. The van der Waals surface area contributed by atoms with Crippen LogP contribution in [0.4, 0.5) is 11.4 Å². The van der Waals surface area contributed by atoms with Crippen LogP contribution in [0.2, 0.25) is 5.02 Å². The van der Waals surface area contributed by atoms with Crippen LogP contribution >= 0.6 is 11.6 Å².